The van der Waals surface area contributed by atoms with Crippen molar-refractivity contribution in [2.24, 2.45) is 0 Å². The lowest BCUT2D eigenvalue weighted by molar-refractivity contribution is 0.321. The summed E-state index contributed by atoms with van der Waals surface area (Å²) in [5.74, 6) is 1.75. The zero-order valence-electron chi connectivity index (χ0n) is 11.1. The minimum absolute atomic E-state index is 0.0843. The van der Waals surface area contributed by atoms with Gasteiger partial charge in [-0.1, -0.05) is 12.1 Å². The van der Waals surface area contributed by atoms with Crippen molar-refractivity contribution in [2.75, 3.05) is 6.61 Å². The zero-order valence-corrected chi connectivity index (χ0v) is 11.1. The molecule has 102 valence electrons. The van der Waals surface area contributed by atoms with E-state index < -0.39 is 0 Å². The Balaban J connectivity index is 2.26. The van der Waals surface area contributed by atoms with Crippen molar-refractivity contribution in [1.29, 1.82) is 10.8 Å². The van der Waals surface area contributed by atoms with Crippen LogP contribution < -0.4 is 9.47 Å². The fourth-order valence-corrected chi connectivity index (χ4v) is 1.64. The first-order valence-electron chi connectivity index (χ1n) is 6.18. The van der Waals surface area contributed by atoms with E-state index in [9.17, 15) is 0 Å². The van der Waals surface area contributed by atoms with E-state index in [1.807, 2.05) is 25.1 Å². The van der Waals surface area contributed by atoms with Gasteiger partial charge in [-0.25, -0.2) is 0 Å². The van der Waals surface area contributed by atoms with Gasteiger partial charge in [0.2, 0.25) is 0 Å². The predicted molar refractivity (Wildman–Crippen MR) is 77.5 cm³/mol. The van der Waals surface area contributed by atoms with E-state index in [1.165, 1.54) is 6.20 Å². The molecule has 0 amide bonds. The topological polar surface area (TPSA) is 79.1 Å². The number of rotatable bonds is 6. The second-order valence-corrected chi connectivity index (χ2v) is 3.95. The molecule has 0 bridgehead atoms. The molecule has 0 radical (unpaired) electrons. The van der Waals surface area contributed by atoms with Crippen LogP contribution in [0.4, 0.5) is 0 Å². The average molecular weight is 269 g/mol. The molecule has 0 spiro atoms. The molecule has 1 heterocycles. The van der Waals surface area contributed by atoms with Gasteiger partial charge in [0.25, 0.3) is 0 Å². The number of aromatic nitrogens is 1. The van der Waals surface area contributed by atoms with E-state index in [1.54, 1.807) is 18.3 Å². The minimum atomic E-state index is 0.0843. The van der Waals surface area contributed by atoms with Gasteiger partial charge in [-0.15, -0.1) is 0 Å². The second kappa shape index (κ2) is 6.47. The van der Waals surface area contributed by atoms with Crippen LogP contribution in [0.2, 0.25) is 0 Å². The minimum Gasteiger partial charge on any atom is -0.490 e. The first kappa shape index (κ1) is 13.7. The van der Waals surface area contributed by atoms with Crippen LogP contribution in [0.15, 0.2) is 42.7 Å². The van der Waals surface area contributed by atoms with Gasteiger partial charge in [-0.05, 0) is 25.1 Å². The molecule has 0 aliphatic heterocycles. The molecular weight excluding hydrogens is 254 g/mol. The highest BCUT2D eigenvalue weighted by atomic mass is 16.5. The Morgan fingerprint density at radius 1 is 1.25 bits per heavy atom. The summed E-state index contributed by atoms with van der Waals surface area (Å²) < 4.78 is 11.2. The number of hydrogen-bond acceptors (Lipinski definition) is 5. The summed E-state index contributed by atoms with van der Waals surface area (Å²) in [6, 6.07) is 9.03. The molecule has 2 rings (SSSR count). The molecule has 0 saturated carbocycles. The summed E-state index contributed by atoms with van der Waals surface area (Å²) in [5, 5.41) is 14.7. The van der Waals surface area contributed by atoms with Crippen LogP contribution in [-0.2, 0) is 0 Å². The molecule has 0 saturated heterocycles. The number of para-hydroxylation sites is 2. The van der Waals surface area contributed by atoms with Gasteiger partial charge in [0.15, 0.2) is 11.5 Å². The summed E-state index contributed by atoms with van der Waals surface area (Å²) in [6.45, 7) is 2.46. The maximum Gasteiger partial charge on any atom is 0.169 e. The number of nitrogens with zero attached hydrogens (tertiary/aromatic N) is 1. The molecule has 0 fully saturated rings. The standard InChI is InChI=1S/C15H15N3O2/c1-2-19-14-5-3-4-6-15(14)20-12-7-11(9-18-10-12)13(17)8-16/h3-10,16-17H,2H2,1H3. The highest BCUT2D eigenvalue weighted by molar-refractivity contribution is 6.35. The average Bonchev–Trinajstić information content (AvgIpc) is 2.49. The SMILES string of the molecule is CCOc1ccccc1Oc1cncc(C(=N)C=N)c1. The van der Waals surface area contributed by atoms with Crippen molar-refractivity contribution in [3.05, 3.63) is 48.3 Å². The lowest BCUT2D eigenvalue weighted by Gasteiger charge is -2.11. The van der Waals surface area contributed by atoms with Crippen LogP contribution >= 0.6 is 0 Å². The molecule has 5 nitrogen and oxygen atoms in total. The van der Waals surface area contributed by atoms with E-state index in [-0.39, 0.29) is 5.71 Å². The molecule has 2 N–H and O–H groups in total. The Kier molecular flexibility index (Phi) is 4.44. The Morgan fingerprint density at radius 2 is 2.00 bits per heavy atom. The first-order valence-corrected chi connectivity index (χ1v) is 6.18. The summed E-state index contributed by atoms with van der Waals surface area (Å²) >= 11 is 0. The van der Waals surface area contributed by atoms with Crippen LogP contribution in [0.1, 0.15) is 12.5 Å². The van der Waals surface area contributed by atoms with Crippen LogP contribution in [0.25, 0.3) is 0 Å². The van der Waals surface area contributed by atoms with Crippen LogP contribution in [0.5, 0.6) is 17.2 Å². The van der Waals surface area contributed by atoms with E-state index in [4.69, 9.17) is 20.3 Å². The van der Waals surface area contributed by atoms with Gasteiger partial charge >= 0.3 is 0 Å². The number of ether oxygens (including phenoxy) is 2. The molecule has 1 aromatic carbocycles. The quantitative estimate of drug-likeness (QED) is 0.790. The molecule has 0 unspecified atom stereocenters. The lowest BCUT2D eigenvalue weighted by atomic mass is 10.2. The van der Waals surface area contributed by atoms with E-state index in [0.29, 0.717) is 29.4 Å². The Bertz CT molecular complexity index is 626. The van der Waals surface area contributed by atoms with Crippen molar-refractivity contribution < 1.29 is 9.47 Å². The van der Waals surface area contributed by atoms with Gasteiger partial charge in [0.05, 0.1) is 18.5 Å². The maximum absolute atomic E-state index is 7.60. The smallest absolute Gasteiger partial charge is 0.169 e. The van der Waals surface area contributed by atoms with E-state index in [0.717, 1.165) is 6.21 Å². The normalized spacial score (nSPS) is 9.85. The summed E-state index contributed by atoms with van der Waals surface area (Å²) in [7, 11) is 0. The first-order chi connectivity index (χ1) is 9.74. The van der Waals surface area contributed by atoms with E-state index in [2.05, 4.69) is 4.98 Å². The summed E-state index contributed by atoms with van der Waals surface area (Å²) in [6.07, 6.45) is 4.05. The lowest BCUT2D eigenvalue weighted by Crippen LogP contribution is -2.01. The fraction of sp³-hybridized carbons (Fsp3) is 0.133. The molecule has 0 atom stereocenters. The number of pyridine rings is 1. The second-order valence-electron chi connectivity index (χ2n) is 3.95. The van der Waals surface area contributed by atoms with Crippen molar-refractivity contribution in [3.8, 4) is 17.2 Å². The van der Waals surface area contributed by atoms with Crippen LogP contribution in [0, 0.1) is 10.8 Å². The molecule has 2 aromatic rings. The molecule has 0 aliphatic rings. The molecule has 0 aliphatic carbocycles. The fourth-order valence-electron chi connectivity index (χ4n) is 1.64. The largest absolute Gasteiger partial charge is 0.490 e. The van der Waals surface area contributed by atoms with Gasteiger partial charge in [0.1, 0.15) is 5.75 Å². The maximum atomic E-state index is 7.60. The zero-order chi connectivity index (χ0) is 14.4. The number of hydrogen-bond donors (Lipinski definition) is 2. The molecular formula is C15H15N3O2. The van der Waals surface area contributed by atoms with Gasteiger partial charge in [-0.2, -0.15) is 0 Å². The van der Waals surface area contributed by atoms with Crippen molar-refractivity contribution in [2.45, 2.75) is 6.92 Å². The third kappa shape index (κ3) is 3.20. The van der Waals surface area contributed by atoms with Gasteiger partial charge < -0.3 is 14.9 Å². The van der Waals surface area contributed by atoms with Gasteiger partial charge in [0, 0.05) is 18.0 Å². The third-order valence-corrected chi connectivity index (χ3v) is 2.55. The van der Waals surface area contributed by atoms with Crippen molar-refractivity contribution >= 4 is 11.9 Å². The van der Waals surface area contributed by atoms with Gasteiger partial charge in [-0.3, -0.25) is 10.4 Å². The highest BCUT2D eigenvalue weighted by Gasteiger charge is 2.07. The van der Waals surface area contributed by atoms with Crippen LogP contribution in [0.3, 0.4) is 0 Å². The Hall–Kier alpha value is -2.69. The Labute approximate surface area is 117 Å². The molecule has 20 heavy (non-hydrogen) atoms. The summed E-state index contributed by atoms with van der Waals surface area (Å²) in [4.78, 5) is 4.02. The van der Waals surface area contributed by atoms with Crippen LogP contribution in [-0.4, -0.2) is 23.5 Å². The van der Waals surface area contributed by atoms with E-state index >= 15 is 0 Å². The molecule has 5 heteroatoms. The number of nitrogens with one attached hydrogen (secondary N) is 2. The van der Waals surface area contributed by atoms with Crippen molar-refractivity contribution in [1.82, 2.24) is 4.98 Å². The molecule has 1 aromatic heterocycles. The number of benzene rings is 1. The predicted octanol–water partition coefficient (Wildman–Crippen LogP) is 3.29. The van der Waals surface area contributed by atoms with Crippen molar-refractivity contribution in [3.63, 3.8) is 0 Å². The monoisotopic (exact) mass is 269 g/mol. The highest BCUT2D eigenvalue weighted by Crippen LogP contribution is 2.31. The Morgan fingerprint density at radius 3 is 2.70 bits per heavy atom. The third-order valence-electron chi connectivity index (χ3n) is 2.55. The summed E-state index contributed by atoms with van der Waals surface area (Å²) in [5.41, 5.74) is 0.618.